The van der Waals surface area contributed by atoms with E-state index >= 15 is 0 Å². The third-order valence-corrected chi connectivity index (χ3v) is 3.65. The predicted molar refractivity (Wildman–Crippen MR) is 97.3 cm³/mol. The molecule has 0 fully saturated rings. The summed E-state index contributed by atoms with van der Waals surface area (Å²) in [7, 11) is 3.38. The van der Waals surface area contributed by atoms with E-state index in [1.165, 1.54) is 0 Å². The number of hydrogen-bond donors (Lipinski definition) is 2. The van der Waals surface area contributed by atoms with Crippen LogP contribution in [0.2, 0.25) is 0 Å². The Bertz CT molecular complexity index is 661. The minimum atomic E-state index is 0.497. The number of rotatable bonds is 8. The summed E-state index contributed by atoms with van der Waals surface area (Å²) in [5, 5.41) is 6.41. The number of aromatic nitrogens is 1. The average Bonchev–Trinajstić information content (AvgIpc) is 2.95. The van der Waals surface area contributed by atoms with E-state index in [2.05, 4.69) is 20.6 Å². The molecule has 0 aliphatic heterocycles. The Balaban J connectivity index is 1.63. The van der Waals surface area contributed by atoms with Crippen molar-refractivity contribution in [1.82, 2.24) is 15.6 Å². The van der Waals surface area contributed by atoms with Gasteiger partial charge in [-0.3, -0.25) is 4.99 Å². The highest BCUT2D eigenvalue weighted by Crippen LogP contribution is 2.16. The third-order valence-electron chi connectivity index (χ3n) is 3.65. The smallest absolute Gasteiger partial charge is 0.214 e. The molecule has 0 amide bonds. The highest BCUT2D eigenvalue weighted by molar-refractivity contribution is 5.79. The summed E-state index contributed by atoms with van der Waals surface area (Å²) >= 11 is 0. The molecule has 136 valence electrons. The van der Waals surface area contributed by atoms with Crippen LogP contribution in [0.25, 0.3) is 0 Å². The van der Waals surface area contributed by atoms with Crippen molar-refractivity contribution < 1.29 is 13.9 Å². The first-order valence-electron chi connectivity index (χ1n) is 8.26. The van der Waals surface area contributed by atoms with Gasteiger partial charge in [-0.1, -0.05) is 0 Å². The fourth-order valence-corrected chi connectivity index (χ4v) is 2.14. The summed E-state index contributed by atoms with van der Waals surface area (Å²) in [6, 6.07) is 7.55. The van der Waals surface area contributed by atoms with Gasteiger partial charge in [0.1, 0.15) is 17.3 Å². The summed E-state index contributed by atoms with van der Waals surface area (Å²) in [6.45, 7) is 5.70. The van der Waals surface area contributed by atoms with Gasteiger partial charge < -0.3 is 24.5 Å². The molecule has 25 heavy (non-hydrogen) atoms. The molecular formula is C18H26N4O3. The molecule has 0 radical (unpaired) electrons. The Morgan fingerprint density at radius 3 is 2.48 bits per heavy atom. The largest absolute Gasteiger partial charge is 0.497 e. The molecule has 0 aliphatic carbocycles. The quantitative estimate of drug-likeness (QED) is 0.434. The zero-order valence-electron chi connectivity index (χ0n) is 15.3. The van der Waals surface area contributed by atoms with E-state index < -0.39 is 0 Å². The van der Waals surface area contributed by atoms with E-state index in [9.17, 15) is 0 Å². The van der Waals surface area contributed by atoms with E-state index in [4.69, 9.17) is 13.9 Å². The number of nitrogens with one attached hydrogen (secondary N) is 2. The second kappa shape index (κ2) is 9.56. The number of oxazole rings is 1. The lowest BCUT2D eigenvalue weighted by molar-refractivity contribution is 0.310. The molecule has 0 bridgehead atoms. The topological polar surface area (TPSA) is 80.9 Å². The zero-order valence-corrected chi connectivity index (χ0v) is 15.3. The van der Waals surface area contributed by atoms with Crippen LogP contribution in [0, 0.1) is 13.8 Å². The van der Waals surface area contributed by atoms with Crippen LogP contribution in [0.1, 0.15) is 23.8 Å². The minimum Gasteiger partial charge on any atom is -0.497 e. The number of benzene rings is 1. The fourth-order valence-electron chi connectivity index (χ4n) is 2.14. The first-order valence-corrected chi connectivity index (χ1v) is 8.26. The second-order valence-electron chi connectivity index (χ2n) is 5.48. The molecule has 0 saturated heterocycles. The second-order valence-corrected chi connectivity index (χ2v) is 5.48. The van der Waals surface area contributed by atoms with Crippen molar-refractivity contribution in [2.45, 2.75) is 26.8 Å². The van der Waals surface area contributed by atoms with Crippen molar-refractivity contribution in [3.63, 3.8) is 0 Å². The van der Waals surface area contributed by atoms with Gasteiger partial charge in [-0.25, -0.2) is 4.98 Å². The van der Waals surface area contributed by atoms with E-state index in [1.807, 2.05) is 38.1 Å². The number of aryl methyl sites for hydroxylation is 2. The number of ether oxygens (including phenoxy) is 2. The van der Waals surface area contributed by atoms with Crippen LogP contribution in [-0.4, -0.2) is 38.3 Å². The van der Waals surface area contributed by atoms with Gasteiger partial charge in [0, 0.05) is 13.6 Å². The highest BCUT2D eigenvalue weighted by Gasteiger charge is 2.06. The number of hydrogen-bond acceptors (Lipinski definition) is 5. The summed E-state index contributed by atoms with van der Waals surface area (Å²) in [6.07, 6.45) is 0.851. The van der Waals surface area contributed by atoms with Gasteiger partial charge in [0.25, 0.3) is 0 Å². The fraction of sp³-hybridized carbons (Fsp3) is 0.444. The van der Waals surface area contributed by atoms with E-state index in [0.29, 0.717) is 25.0 Å². The number of nitrogens with zero attached hydrogens (tertiary/aromatic N) is 2. The lowest BCUT2D eigenvalue weighted by atomic mass is 10.3. The molecule has 7 nitrogen and oxygen atoms in total. The van der Waals surface area contributed by atoms with Crippen molar-refractivity contribution in [2.24, 2.45) is 4.99 Å². The Morgan fingerprint density at radius 1 is 1.16 bits per heavy atom. The number of aliphatic imine (C=N–C) groups is 1. The van der Waals surface area contributed by atoms with Gasteiger partial charge in [-0.05, 0) is 44.5 Å². The molecule has 0 spiro atoms. The maximum Gasteiger partial charge on any atom is 0.214 e. The van der Waals surface area contributed by atoms with Gasteiger partial charge >= 0.3 is 0 Å². The molecule has 1 aromatic carbocycles. The molecule has 2 aromatic rings. The SMILES string of the molecule is CN=C(NCCCOc1ccc(OC)cc1)NCc1nc(C)c(C)o1. The van der Waals surface area contributed by atoms with Crippen molar-refractivity contribution in [2.75, 3.05) is 27.3 Å². The molecule has 7 heteroatoms. The van der Waals surface area contributed by atoms with Crippen LogP contribution < -0.4 is 20.1 Å². The molecule has 1 heterocycles. The molecule has 2 N–H and O–H groups in total. The van der Waals surface area contributed by atoms with Crippen molar-refractivity contribution in [3.05, 3.63) is 41.6 Å². The van der Waals surface area contributed by atoms with Crippen LogP contribution in [0.5, 0.6) is 11.5 Å². The zero-order chi connectivity index (χ0) is 18.1. The summed E-state index contributed by atoms with van der Waals surface area (Å²) in [5.41, 5.74) is 0.912. The van der Waals surface area contributed by atoms with Crippen LogP contribution in [0.15, 0.2) is 33.7 Å². The number of guanidine groups is 1. The Hall–Kier alpha value is -2.70. The summed E-state index contributed by atoms with van der Waals surface area (Å²) in [5.74, 6) is 3.85. The third kappa shape index (κ3) is 6.02. The standard InChI is InChI=1S/C18H26N4O3/c1-13-14(2)25-17(22-13)12-21-18(19-3)20-10-5-11-24-16-8-6-15(23-4)7-9-16/h6-9H,5,10-12H2,1-4H3,(H2,19,20,21). The maximum atomic E-state index is 5.69. The Morgan fingerprint density at radius 2 is 1.88 bits per heavy atom. The lowest BCUT2D eigenvalue weighted by Crippen LogP contribution is -2.37. The molecule has 0 atom stereocenters. The number of methoxy groups -OCH3 is 1. The summed E-state index contributed by atoms with van der Waals surface area (Å²) < 4.78 is 16.3. The monoisotopic (exact) mass is 346 g/mol. The van der Waals surface area contributed by atoms with Gasteiger partial charge in [0.05, 0.1) is 26.0 Å². The Labute approximate surface area is 148 Å². The van der Waals surface area contributed by atoms with Crippen molar-refractivity contribution >= 4 is 5.96 Å². The molecule has 1 aromatic heterocycles. The van der Waals surface area contributed by atoms with Crippen LogP contribution in [-0.2, 0) is 6.54 Å². The van der Waals surface area contributed by atoms with Crippen LogP contribution in [0.4, 0.5) is 0 Å². The maximum absolute atomic E-state index is 5.69. The van der Waals surface area contributed by atoms with Crippen LogP contribution >= 0.6 is 0 Å². The van der Waals surface area contributed by atoms with E-state index in [0.717, 1.165) is 35.9 Å². The van der Waals surface area contributed by atoms with Crippen molar-refractivity contribution in [3.8, 4) is 11.5 Å². The predicted octanol–water partition coefficient (Wildman–Crippen LogP) is 2.43. The molecule has 0 aliphatic rings. The van der Waals surface area contributed by atoms with E-state index in [-0.39, 0.29) is 0 Å². The van der Waals surface area contributed by atoms with E-state index in [1.54, 1.807) is 14.2 Å². The molecular weight excluding hydrogens is 320 g/mol. The molecule has 0 saturated carbocycles. The lowest BCUT2D eigenvalue weighted by Gasteiger charge is -2.11. The normalized spacial score (nSPS) is 11.3. The van der Waals surface area contributed by atoms with Crippen LogP contribution in [0.3, 0.4) is 0 Å². The first-order chi connectivity index (χ1) is 12.1. The van der Waals surface area contributed by atoms with Crippen molar-refractivity contribution in [1.29, 1.82) is 0 Å². The molecule has 2 rings (SSSR count). The average molecular weight is 346 g/mol. The van der Waals surface area contributed by atoms with Gasteiger partial charge in [-0.15, -0.1) is 0 Å². The molecule has 0 unspecified atom stereocenters. The van der Waals surface area contributed by atoms with Gasteiger partial charge in [0.15, 0.2) is 5.96 Å². The Kier molecular flexibility index (Phi) is 7.13. The van der Waals surface area contributed by atoms with Gasteiger partial charge in [0.2, 0.25) is 5.89 Å². The summed E-state index contributed by atoms with van der Waals surface area (Å²) in [4.78, 5) is 8.51. The first kappa shape index (κ1) is 18.6. The minimum absolute atomic E-state index is 0.497. The van der Waals surface area contributed by atoms with Gasteiger partial charge in [-0.2, -0.15) is 0 Å². The highest BCUT2D eigenvalue weighted by atomic mass is 16.5.